The van der Waals surface area contributed by atoms with Gasteiger partial charge >= 0.3 is 0 Å². The van der Waals surface area contributed by atoms with E-state index in [4.69, 9.17) is 0 Å². The highest BCUT2D eigenvalue weighted by Gasteiger charge is 2.14. The Balaban J connectivity index is 1.08. The van der Waals surface area contributed by atoms with Crippen LogP contribution in [0.1, 0.15) is 0 Å². The van der Waals surface area contributed by atoms with E-state index in [9.17, 15) is 0 Å². The maximum absolute atomic E-state index is 2.35. The minimum Gasteiger partial charge on any atom is -0.311 e. The van der Waals surface area contributed by atoms with Gasteiger partial charge < -0.3 is 4.90 Å². The summed E-state index contributed by atoms with van der Waals surface area (Å²) in [6, 6.07) is 68.1. The fraction of sp³-hybridized carbons (Fsp3) is 0. The molecule has 0 atom stereocenters. The third-order valence-corrected chi connectivity index (χ3v) is 10.4. The maximum atomic E-state index is 2.35. The van der Waals surface area contributed by atoms with Crippen molar-refractivity contribution in [2.45, 2.75) is 0 Å². The van der Waals surface area contributed by atoms with E-state index in [2.05, 4.69) is 193 Å². The second-order valence-corrected chi connectivity index (χ2v) is 13.3. The normalized spacial score (nSPS) is 11.3. The van der Waals surface area contributed by atoms with Crippen LogP contribution in [0.3, 0.4) is 0 Å². The van der Waals surface area contributed by atoms with Crippen LogP contribution in [0.25, 0.3) is 64.3 Å². The molecule has 226 valence electrons. The van der Waals surface area contributed by atoms with Gasteiger partial charge in [0.15, 0.2) is 0 Å². The number of rotatable bonds is 6. The van der Waals surface area contributed by atoms with Crippen molar-refractivity contribution in [2.24, 2.45) is 0 Å². The smallest absolute Gasteiger partial charge is 0.0462 e. The van der Waals surface area contributed by atoms with E-state index >= 15 is 0 Å². The number of fused-ring (bicyclic) bond motifs is 4. The van der Waals surface area contributed by atoms with Crippen molar-refractivity contribution in [1.82, 2.24) is 0 Å². The van der Waals surface area contributed by atoms with Gasteiger partial charge in [0.1, 0.15) is 0 Å². The first-order chi connectivity index (χ1) is 23.8. The Morgan fingerprint density at radius 3 is 1.31 bits per heavy atom. The predicted octanol–water partition coefficient (Wildman–Crippen LogP) is 13.7. The van der Waals surface area contributed by atoms with Crippen molar-refractivity contribution in [2.75, 3.05) is 4.90 Å². The highest BCUT2D eigenvalue weighted by atomic mass is 32.1. The monoisotopic (exact) mass is 629 g/mol. The number of hydrogen-bond acceptors (Lipinski definition) is 2. The number of hydrogen-bond donors (Lipinski definition) is 0. The van der Waals surface area contributed by atoms with E-state index in [1.165, 1.54) is 64.3 Å². The molecule has 0 amide bonds. The number of benzene rings is 8. The first-order valence-electron chi connectivity index (χ1n) is 16.3. The summed E-state index contributed by atoms with van der Waals surface area (Å²) in [6.07, 6.45) is 0. The van der Waals surface area contributed by atoms with Crippen molar-refractivity contribution < 1.29 is 0 Å². The van der Waals surface area contributed by atoms with E-state index in [-0.39, 0.29) is 0 Å². The van der Waals surface area contributed by atoms with Crippen molar-refractivity contribution in [3.8, 4) is 33.4 Å². The zero-order valence-corrected chi connectivity index (χ0v) is 27.1. The Hall–Kier alpha value is -5.96. The molecule has 0 spiro atoms. The van der Waals surface area contributed by atoms with Gasteiger partial charge in [0, 0.05) is 37.2 Å². The number of anilines is 3. The second kappa shape index (κ2) is 12.0. The molecule has 0 aliphatic rings. The Kier molecular flexibility index (Phi) is 7.07. The molecule has 1 nitrogen and oxygen atoms in total. The zero-order chi connectivity index (χ0) is 31.9. The second-order valence-electron chi connectivity index (χ2n) is 12.2. The van der Waals surface area contributed by atoms with Gasteiger partial charge in [-0.1, -0.05) is 127 Å². The first-order valence-corrected chi connectivity index (χ1v) is 17.2. The first kappa shape index (κ1) is 28.3. The molecule has 0 aliphatic carbocycles. The molecule has 9 aromatic rings. The van der Waals surface area contributed by atoms with Gasteiger partial charge in [-0.15, -0.1) is 11.3 Å². The minimum absolute atomic E-state index is 1.12. The van der Waals surface area contributed by atoms with Gasteiger partial charge in [-0.05, 0) is 105 Å². The maximum Gasteiger partial charge on any atom is 0.0462 e. The van der Waals surface area contributed by atoms with Gasteiger partial charge in [-0.3, -0.25) is 0 Å². The Bertz CT molecular complexity index is 2430. The van der Waals surface area contributed by atoms with Crippen LogP contribution in [-0.2, 0) is 0 Å². The fourth-order valence-electron chi connectivity index (χ4n) is 6.77. The largest absolute Gasteiger partial charge is 0.311 e. The standard InChI is InChI=1S/C46H31NS/c1-3-9-32(10-4-1)34-17-23-40(24-18-34)47(41-25-19-35(20-26-41)33-11-5-2-6-12-33)42-27-21-36(22-28-42)37-15-16-38-30-44-43-13-7-8-14-45(43)48-46(44)31-39(38)29-37/h1-31H. The van der Waals surface area contributed by atoms with Crippen LogP contribution in [0.4, 0.5) is 17.1 Å². The average molecular weight is 630 g/mol. The van der Waals surface area contributed by atoms with E-state index in [1.54, 1.807) is 0 Å². The molecule has 0 saturated heterocycles. The molecule has 0 aliphatic heterocycles. The van der Waals surface area contributed by atoms with Crippen LogP contribution in [0.15, 0.2) is 188 Å². The summed E-state index contributed by atoms with van der Waals surface area (Å²) in [4.78, 5) is 2.34. The van der Waals surface area contributed by atoms with E-state index in [0.29, 0.717) is 0 Å². The van der Waals surface area contributed by atoms with Gasteiger partial charge in [0.05, 0.1) is 0 Å². The van der Waals surface area contributed by atoms with Crippen LogP contribution < -0.4 is 4.90 Å². The molecule has 0 fully saturated rings. The summed E-state index contributed by atoms with van der Waals surface area (Å²) in [6.45, 7) is 0. The molecule has 0 saturated carbocycles. The number of nitrogens with zero attached hydrogens (tertiary/aromatic N) is 1. The predicted molar refractivity (Wildman–Crippen MR) is 208 cm³/mol. The Morgan fingerprint density at radius 1 is 0.292 bits per heavy atom. The zero-order valence-electron chi connectivity index (χ0n) is 26.3. The third kappa shape index (κ3) is 5.23. The summed E-state index contributed by atoms with van der Waals surface area (Å²) >= 11 is 1.87. The topological polar surface area (TPSA) is 3.24 Å². The highest BCUT2D eigenvalue weighted by Crippen LogP contribution is 2.39. The van der Waals surface area contributed by atoms with E-state index < -0.39 is 0 Å². The van der Waals surface area contributed by atoms with E-state index in [0.717, 1.165) is 17.1 Å². The Labute approximate surface area is 284 Å². The molecule has 0 unspecified atom stereocenters. The molecule has 1 aromatic heterocycles. The van der Waals surface area contributed by atoms with Crippen molar-refractivity contribution in [1.29, 1.82) is 0 Å². The molecule has 9 rings (SSSR count). The third-order valence-electron chi connectivity index (χ3n) is 9.26. The summed E-state index contributed by atoms with van der Waals surface area (Å²) in [5.74, 6) is 0. The summed E-state index contributed by atoms with van der Waals surface area (Å²) < 4.78 is 2.68. The van der Waals surface area contributed by atoms with Crippen molar-refractivity contribution in [3.63, 3.8) is 0 Å². The molecular weight excluding hydrogens is 599 g/mol. The quantitative estimate of drug-likeness (QED) is 0.177. The van der Waals surface area contributed by atoms with Crippen molar-refractivity contribution in [3.05, 3.63) is 188 Å². The molecule has 0 radical (unpaired) electrons. The van der Waals surface area contributed by atoms with Crippen LogP contribution in [0.2, 0.25) is 0 Å². The van der Waals surface area contributed by atoms with Crippen LogP contribution in [-0.4, -0.2) is 0 Å². The summed E-state index contributed by atoms with van der Waals surface area (Å²) in [5.41, 5.74) is 10.6. The highest BCUT2D eigenvalue weighted by molar-refractivity contribution is 7.25. The lowest BCUT2D eigenvalue weighted by Gasteiger charge is -2.26. The molecule has 0 bridgehead atoms. The lowest BCUT2D eigenvalue weighted by Crippen LogP contribution is -2.09. The van der Waals surface area contributed by atoms with Crippen LogP contribution in [0, 0.1) is 0 Å². The van der Waals surface area contributed by atoms with Gasteiger partial charge in [-0.25, -0.2) is 0 Å². The average Bonchev–Trinajstić information content (AvgIpc) is 3.52. The fourth-order valence-corrected chi connectivity index (χ4v) is 7.90. The van der Waals surface area contributed by atoms with Gasteiger partial charge in [0.2, 0.25) is 0 Å². The van der Waals surface area contributed by atoms with E-state index in [1.807, 2.05) is 11.3 Å². The van der Waals surface area contributed by atoms with Crippen LogP contribution in [0.5, 0.6) is 0 Å². The van der Waals surface area contributed by atoms with Gasteiger partial charge in [0.25, 0.3) is 0 Å². The summed E-state index contributed by atoms with van der Waals surface area (Å²) in [7, 11) is 0. The lowest BCUT2D eigenvalue weighted by atomic mass is 9.99. The number of thiophene rings is 1. The molecular formula is C46H31NS. The SMILES string of the molecule is c1ccc(-c2ccc(N(c3ccc(-c4ccccc4)cc3)c3ccc(-c4ccc5cc6c(cc5c4)sc4ccccc46)cc3)cc2)cc1. The molecule has 0 N–H and O–H groups in total. The Morgan fingerprint density at radius 2 is 0.750 bits per heavy atom. The molecule has 1 heterocycles. The summed E-state index contributed by atoms with van der Waals surface area (Å²) in [5, 5.41) is 5.23. The molecule has 2 heteroatoms. The molecule has 8 aromatic carbocycles. The van der Waals surface area contributed by atoms with Gasteiger partial charge in [-0.2, -0.15) is 0 Å². The lowest BCUT2D eigenvalue weighted by molar-refractivity contribution is 1.28. The van der Waals surface area contributed by atoms with Crippen molar-refractivity contribution >= 4 is 59.3 Å². The van der Waals surface area contributed by atoms with Crippen LogP contribution >= 0.6 is 11.3 Å². The molecule has 48 heavy (non-hydrogen) atoms. The minimum atomic E-state index is 1.12.